The van der Waals surface area contributed by atoms with E-state index in [9.17, 15) is 4.79 Å². The van der Waals surface area contributed by atoms with Crippen LogP contribution in [-0.2, 0) is 4.74 Å². The van der Waals surface area contributed by atoms with Crippen LogP contribution in [0.3, 0.4) is 0 Å². The lowest BCUT2D eigenvalue weighted by atomic mass is 10.0. The molecule has 1 amide bonds. The summed E-state index contributed by atoms with van der Waals surface area (Å²) in [6, 6.07) is 7.45. The zero-order chi connectivity index (χ0) is 17.1. The molecule has 3 aromatic rings. The molecule has 1 aliphatic rings. The summed E-state index contributed by atoms with van der Waals surface area (Å²) in [7, 11) is 0. The van der Waals surface area contributed by atoms with E-state index in [0.717, 1.165) is 41.5 Å². The van der Waals surface area contributed by atoms with Gasteiger partial charge < -0.3 is 10.1 Å². The van der Waals surface area contributed by atoms with Crippen molar-refractivity contribution in [2.75, 3.05) is 13.2 Å². The van der Waals surface area contributed by atoms with Crippen LogP contribution in [0.15, 0.2) is 49.1 Å². The summed E-state index contributed by atoms with van der Waals surface area (Å²) in [5, 5.41) is 3.84. The molecule has 0 saturated carbocycles. The SMILES string of the molecule is O=C(NCC1CCCO1)c1cc(-c2ccncc2)c2cnccc2n1. The minimum Gasteiger partial charge on any atom is -0.376 e. The molecule has 6 nitrogen and oxygen atoms in total. The Morgan fingerprint density at radius 3 is 2.84 bits per heavy atom. The van der Waals surface area contributed by atoms with E-state index in [1.165, 1.54) is 0 Å². The lowest BCUT2D eigenvalue weighted by molar-refractivity contribution is 0.0854. The van der Waals surface area contributed by atoms with E-state index in [0.29, 0.717) is 12.2 Å². The van der Waals surface area contributed by atoms with Crippen LogP contribution in [0.4, 0.5) is 0 Å². The normalized spacial score (nSPS) is 16.9. The lowest BCUT2D eigenvalue weighted by Gasteiger charge is -2.12. The number of rotatable bonds is 4. The molecular formula is C19H18N4O2. The number of hydrogen-bond acceptors (Lipinski definition) is 5. The Labute approximate surface area is 145 Å². The number of carbonyl (C=O) groups excluding carboxylic acids is 1. The summed E-state index contributed by atoms with van der Waals surface area (Å²) < 4.78 is 5.55. The Hall–Kier alpha value is -2.86. The molecule has 0 aromatic carbocycles. The topological polar surface area (TPSA) is 77.0 Å². The number of pyridine rings is 3. The van der Waals surface area contributed by atoms with Crippen molar-refractivity contribution < 1.29 is 9.53 Å². The number of nitrogens with zero attached hydrogens (tertiary/aromatic N) is 3. The van der Waals surface area contributed by atoms with Crippen LogP contribution in [0, 0.1) is 0 Å². The maximum absolute atomic E-state index is 12.6. The van der Waals surface area contributed by atoms with Crippen LogP contribution in [0.25, 0.3) is 22.0 Å². The van der Waals surface area contributed by atoms with E-state index >= 15 is 0 Å². The van der Waals surface area contributed by atoms with E-state index in [2.05, 4.69) is 20.3 Å². The summed E-state index contributed by atoms with van der Waals surface area (Å²) >= 11 is 0. The maximum Gasteiger partial charge on any atom is 0.270 e. The van der Waals surface area contributed by atoms with Crippen molar-refractivity contribution in [1.29, 1.82) is 0 Å². The zero-order valence-corrected chi connectivity index (χ0v) is 13.7. The number of amides is 1. The van der Waals surface area contributed by atoms with E-state index in [1.54, 1.807) is 24.8 Å². The van der Waals surface area contributed by atoms with E-state index in [-0.39, 0.29) is 12.0 Å². The lowest BCUT2D eigenvalue weighted by Crippen LogP contribution is -2.32. The molecule has 0 spiro atoms. The second kappa shape index (κ2) is 6.94. The van der Waals surface area contributed by atoms with Gasteiger partial charge in [0.2, 0.25) is 0 Å². The second-order valence-electron chi connectivity index (χ2n) is 6.03. The fourth-order valence-corrected chi connectivity index (χ4v) is 3.06. The molecule has 4 heterocycles. The van der Waals surface area contributed by atoms with Crippen molar-refractivity contribution in [2.24, 2.45) is 0 Å². The smallest absolute Gasteiger partial charge is 0.270 e. The van der Waals surface area contributed by atoms with Crippen molar-refractivity contribution in [3.63, 3.8) is 0 Å². The molecule has 1 N–H and O–H groups in total. The number of carbonyl (C=O) groups is 1. The predicted octanol–water partition coefficient (Wildman–Crippen LogP) is 2.60. The Morgan fingerprint density at radius 1 is 1.20 bits per heavy atom. The highest BCUT2D eigenvalue weighted by Gasteiger charge is 2.18. The van der Waals surface area contributed by atoms with Gasteiger partial charge in [-0.2, -0.15) is 0 Å². The van der Waals surface area contributed by atoms with E-state index in [4.69, 9.17) is 4.74 Å². The summed E-state index contributed by atoms with van der Waals surface area (Å²) in [6.45, 7) is 1.29. The van der Waals surface area contributed by atoms with Crippen LogP contribution >= 0.6 is 0 Å². The number of hydrogen-bond donors (Lipinski definition) is 1. The fourth-order valence-electron chi connectivity index (χ4n) is 3.06. The molecule has 1 atom stereocenters. The number of ether oxygens (including phenoxy) is 1. The van der Waals surface area contributed by atoms with Crippen LogP contribution in [0.5, 0.6) is 0 Å². The summed E-state index contributed by atoms with van der Waals surface area (Å²) in [6.07, 6.45) is 9.05. The Morgan fingerprint density at radius 2 is 2.04 bits per heavy atom. The van der Waals surface area contributed by atoms with Gasteiger partial charge >= 0.3 is 0 Å². The van der Waals surface area contributed by atoms with Gasteiger partial charge in [0.1, 0.15) is 5.69 Å². The molecule has 1 aliphatic heterocycles. The molecule has 1 fully saturated rings. The highest BCUT2D eigenvalue weighted by molar-refractivity contribution is 6.00. The zero-order valence-electron chi connectivity index (χ0n) is 13.7. The molecule has 0 aliphatic carbocycles. The van der Waals surface area contributed by atoms with Crippen LogP contribution < -0.4 is 5.32 Å². The third-order valence-corrected chi connectivity index (χ3v) is 4.35. The third-order valence-electron chi connectivity index (χ3n) is 4.35. The van der Waals surface area contributed by atoms with E-state index < -0.39 is 0 Å². The second-order valence-corrected chi connectivity index (χ2v) is 6.03. The van der Waals surface area contributed by atoms with Gasteiger partial charge in [0.05, 0.1) is 11.6 Å². The van der Waals surface area contributed by atoms with Crippen molar-refractivity contribution in [1.82, 2.24) is 20.3 Å². The molecule has 3 aromatic heterocycles. The van der Waals surface area contributed by atoms with Gasteiger partial charge in [0, 0.05) is 43.3 Å². The first-order chi connectivity index (χ1) is 12.3. The molecule has 0 bridgehead atoms. The quantitative estimate of drug-likeness (QED) is 0.793. The van der Waals surface area contributed by atoms with Crippen LogP contribution in [-0.4, -0.2) is 40.1 Å². The van der Waals surface area contributed by atoms with Gasteiger partial charge in [0.25, 0.3) is 5.91 Å². The van der Waals surface area contributed by atoms with Gasteiger partial charge in [-0.05, 0) is 48.2 Å². The monoisotopic (exact) mass is 334 g/mol. The standard InChI is InChI=1S/C19H18N4O2/c24-19(22-11-14-2-1-9-25-14)18-10-15(13-3-6-20-7-4-13)16-12-21-8-5-17(16)23-18/h3-8,10,12,14H,1-2,9,11H2,(H,22,24). The Balaban J connectivity index is 1.68. The van der Waals surface area contributed by atoms with Crippen molar-refractivity contribution in [3.05, 3.63) is 54.7 Å². The predicted molar refractivity (Wildman–Crippen MR) is 94.1 cm³/mol. The molecule has 1 unspecified atom stereocenters. The highest BCUT2D eigenvalue weighted by atomic mass is 16.5. The summed E-state index contributed by atoms with van der Waals surface area (Å²) in [5.74, 6) is -0.190. The molecule has 4 rings (SSSR count). The van der Waals surface area contributed by atoms with Crippen molar-refractivity contribution in [3.8, 4) is 11.1 Å². The average Bonchev–Trinajstić information content (AvgIpc) is 3.19. The Kier molecular flexibility index (Phi) is 4.35. The first-order valence-corrected chi connectivity index (χ1v) is 8.36. The molecule has 126 valence electrons. The first-order valence-electron chi connectivity index (χ1n) is 8.36. The molecule has 0 radical (unpaired) electrons. The maximum atomic E-state index is 12.6. The first kappa shape index (κ1) is 15.7. The molecule has 6 heteroatoms. The minimum atomic E-state index is -0.190. The van der Waals surface area contributed by atoms with Crippen molar-refractivity contribution >= 4 is 16.8 Å². The summed E-state index contributed by atoms with van der Waals surface area (Å²) in [5.41, 5.74) is 3.03. The van der Waals surface area contributed by atoms with Gasteiger partial charge in [-0.25, -0.2) is 4.98 Å². The average molecular weight is 334 g/mol. The molecule has 1 saturated heterocycles. The van der Waals surface area contributed by atoms with Crippen LogP contribution in [0.1, 0.15) is 23.3 Å². The highest BCUT2D eigenvalue weighted by Crippen LogP contribution is 2.27. The van der Waals surface area contributed by atoms with Crippen LogP contribution in [0.2, 0.25) is 0 Å². The fraction of sp³-hybridized carbons (Fsp3) is 0.263. The number of fused-ring (bicyclic) bond motifs is 1. The Bertz CT molecular complexity index is 892. The van der Waals surface area contributed by atoms with Gasteiger partial charge in [-0.3, -0.25) is 14.8 Å². The van der Waals surface area contributed by atoms with Crippen molar-refractivity contribution in [2.45, 2.75) is 18.9 Å². The van der Waals surface area contributed by atoms with E-state index in [1.807, 2.05) is 24.3 Å². The van der Waals surface area contributed by atoms with Gasteiger partial charge in [-0.15, -0.1) is 0 Å². The third kappa shape index (κ3) is 3.34. The molecule has 25 heavy (non-hydrogen) atoms. The minimum absolute atomic E-state index is 0.105. The number of aromatic nitrogens is 3. The number of nitrogens with one attached hydrogen (secondary N) is 1. The largest absolute Gasteiger partial charge is 0.376 e. The van der Waals surface area contributed by atoms with Gasteiger partial charge in [0.15, 0.2) is 0 Å². The van der Waals surface area contributed by atoms with Gasteiger partial charge in [-0.1, -0.05) is 0 Å². The summed E-state index contributed by atoms with van der Waals surface area (Å²) in [4.78, 5) is 25.3. The molecular weight excluding hydrogens is 316 g/mol.